The van der Waals surface area contributed by atoms with Crippen LogP contribution in [0.2, 0.25) is 0 Å². The van der Waals surface area contributed by atoms with Crippen LogP contribution in [0.3, 0.4) is 0 Å². The number of halogens is 1. The average molecular weight is 462 g/mol. The predicted molar refractivity (Wildman–Crippen MR) is 120 cm³/mol. The zero-order chi connectivity index (χ0) is 19.9. The molecule has 0 bridgehead atoms. The first kappa shape index (κ1) is 20.9. The van der Waals surface area contributed by atoms with Crippen LogP contribution in [0.25, 0.3) is 0 Å². The van der Waals surface area contributed by atoms with Crippen LogP contribution in [-0.2, 0) is 9.53 Å². The summed E-state index contributed by atoms with van der Waals surface area (Å²) in [5.41, 5.74) is 7.04. The molecule has 3 rings (SSSR count). The van der Waals surface area contributed by atoms with Crippen molar-refractivity contribution in [2.24, 2.45) is 5.10 Å². The smallest absolute Gasteiger partial charge is 0.250 e. The summed E-state index contributed by atoms with van der Waals surface area (Å²) in [5.74, 6) is 0.209. The minimum atomic E-state index is -0.119. The number of rotatable bonds is 6. The van der Waals surface area contributed by atoms with Gasteiger partial charge in [-0.1, -0.05) is 28.1 Å². The molecule has 1 fully saturated rings. The van der Waals surface area contributed by atoms with Gasteiger partial charge in [-0.05, 0) is 54.8 Å². The van der Waals surface area contributed by atoms with Gasteiger partial charge >= 0.3 is 0 Å². The van der Waals surface area contributed by atoms with Crippen molar-refractivity contribution in [1.82, 2.24) is 5.43 Å². The van der Waals surface area contributed by atoms with Crippen LogP contribution in [0, 0.1) is 13.8 Å². The predicted octanol–water partition coefficient (Wildman–Crippen LogP) is 4.14. The van der Waals surface area contributed by atoms with E-state index >= 15 is 0 Å². The van der Waals surface area contributed by atoms with E-state index in [9.17, 15) is 4.79 Å². The quantitative estimate of drug-likeness (QED) is 0.398. The molecule has 1 aliphatic heterocycles. The van der Waals surface area contributed by atoms with E-state index in [2.05, 4.69) is 55.6 Å². The first-order valence-electron chi connectivity index (χ1n) is 9.17. The molecule has 28 heavy (non-hydrogen) atoms. The standard InChI is InChI=1S/C21H24BrN3O2S/c1-15-12-20(16(2)11-19(15)22)28-14-21(26)24-23-13-17-3-5-18(6-4-17)25-7-9-27-10-8-25/h3-6,11-13H,7-10,14H2,1-2H3,(H,24,26)/b23-13+. The lowest BCUT2D eigenvalue weighted by Gasteiger charge is -2.28. The number of carbonyl (C=O) groups excluding carboxylic acids is 1. The molecule has 0 unspecified atom stereocenters. The van der Waals surface area contributed by atoms with Gasteiger partial charge in [0.05, 0.1) is 25.2 Å². The molecule has 0 radical (unpaired) electrons. The number of ether oxygens (including phenoxy) is 1. The minimum Gasteiger partial charge on any atom is -0.378 e. The van der Waals surface area contributed by atoms with Crippen molar-refractivity contribution in [3.63, 3.8) is 0 Å². The van der Waals surface area contributed by atoms with E-state index in [4.69, 9.17) is 4.74 Å². The molecule has 1 aliphatic rings. The van der Waals surface area contributed by atoms with Gasteiger partial charge in [0.25, 0.3) is 0 Å². The molecular formula is C21H24BrN3O2S. The number of thioether (sulfide) groups is 1. The average Bonchev–Trinajstić information content (AvgIpc) is 2.71. The number of nitrogens with one attached hydrogen (secondary N) is 1. The number of anilines is 1. The molecule has 5 nitrogen and oxygen atoms in total. The number of carbonyl (C=O) groups is 1. The number of nitrogens with zero attached hydrogens (tertiary/aromatic N) is 2. The third-order valence-electron chi connectivity index (χ3n) is 4.49. The van der Waals surface area contributed by atoms with Gasteiger partial charge in [-0.15, -0.1) is 11.8 Å². The summed E-state index contributed by atoms with van der Waals surface area (Å²) in [5, 5.41) is 4.07. The van der Waals surface area contributed by atoms with Crippen LogP contribution in [0.5, 0.6) is 0 Å². The molecule has 148 valence electrons. The molecule has 0 saturated carbocycles. The summed E-state index contributed by atoms with van der Waals surface area (Å²) in [7, 11) is 0. The Morgan fingerprint density at radius 3 is 2.64 bits per heavy atom. The number of morpholine rings is 1. The van der Waals surface area contributed by atoms with Gasteiger partial charge in [0.15, 0.2) is 0 Å². The van der Waals surface area contributed by atoms with Gasteiger partial charge in [0.2, 0.25) is 5.91 Å². The second kappa shape index (κ2) is 10.1. The van der Waals surface area contributed by atoms with Crippen LogP contribution in [0.15, 0.2) is 50.9 Å². The summed E-state index contributed by atoms with van der Waals surface area (Å²) in [6, 6.07) is 12.3. The fourth-order valence-electron chi connectivity index (χ4n) is 2.86. The summed E-state index contributed by atoms with van der Waals surface area (Å²) in [6.45, 7) is 7.46. The zero-order valence-corrected chi connectivity index (χ0v) is 18.5. The largest absolute Gasteiger partial charge is 0.378 e. The second-order valence-electron chi connectivity index (χ2n) is 6.64. The topological polar surface area (TPSA) is 53.9 Å². The Bertz CT molecular complexity index is 849. The zero-order valence-electron chi connectivity index (χ0n) is 16.1. The highest BCUT2D eigenvalue weighted by atomic mass is 79.9. The van der Waals surface area contributed by atoms with E-state index in [1.165, 1.54) is 17.4 Å². The number of aryl methyl sites for hydroxylation is 2. The normalized spacial score (nSPS) is 14.5. The fourth-order valence-corrected chi connectivity index (χ4v) is 4.21. The molecule has 1 heterocycles. The Hall–Kier alpha value is -1.83. The van der Waals surface area contributed by atoms with E-state index < -0.39 is 0 Å². The van der Waals surface area contributed by atoms with E-state index in [1.807, 2.05) is 26.0 Å². The summed E-state index contributed by atoms with van der Waals surface area (Å²) in [6.07, 6.45) is 1.67. The molecule has 0 aromatic heterocycles. The van der Waals surface area contributed by atoms with Crippen molar-refractivity contribution in [1.29, 1.82) is 0 Å². The Labute approximate surface area is 178 Å². The number of hydrogen-bond acceptors (Lipinski definition) is 5. The highest BCUT2D eigenvalue weighted by Gasteiger charge is 2.10. The van der Waals surface area contributed by atoms with Gasteiger partial charge in [-0.2, -0.15) is 5.10 Å². The number of hydrogen-bond donors (Lipinski definition) is 1. The highest BCUT2D eigenvalue weighted by molar-refractivity contribution is 9.10. The lowest BCUT2D eigenvalue weighted by molar-refractivity contribution is -0.118. The van der Waals surface area contributed by atoms with E-state index in [-0.39, 0.29) is 5.91 Å². The molecule has 2 aromatic rings. The lowest BCUT2D eigenvalue weighted by atomic mass is 10.2. The number of benzene rings is 2. The van der Waals surface area contributed by atoms with Crippen molar-refractivity contribution in [3.05, 3.63) is 57.6 Å². The summed E-state index contributed by atoms with van der Waals surface area (Å²) >= 11 is 5.05. The Morgan fingerprint density at radius 1 is 1.21 bits per heavy atom. The van der Waals surface area contributed by atoms with Crippen LogP contribution < -0.4 is 10.3 Å². The van der Waals surface area contributed by atoms with Crippen LogP contribution in [0.4, 0.5) is 5.69 Å². The molecule has 2 aromatic carbocycles. The molecule has 0 atom stereocenters. The van der Waals surface area contributed by atoms with Crippen LogP contribution in [-0.4, -0.2) is 44.2 Å². The van der Waals surface area contributed by atoms with E-state index in [0.29, 0.717) is 5.75 Å². The molecule has 1 amide bonds. The molecule has 0 aliphatic carbocycles. The molecule has 1 saturated heterocycles. The first-order chi connectivity index (χ1) is 13.5. The first-order valence-corrected chi connectivity index (χ1v) is 10.9. The van der Waals surface area contributed by atoms with Crippen LogP contribution >= 0.6 is 27.7 Å². The second-order valence-corrected chi connectivity index (χ2v) is 8.51. The van der Waals surface area contributed by atoms with Gasteiger partial charge in [0.1, 0.15) is 0 Å². The van der Waals surface area contributed by atoms with E-state index in [0.717, 1.165) is 52.4 Å². The monoisotopic (exact) mass is 461 g/mol. The van der Waals surface area contributed by atoms with Crippen molar-refractivity contribution in [2.75, 3.05) is 37.0 Å². The van der Waals surface area contributed by atoms with Crippen molar-refractivity contribution >= 4 is 45.5 Å². The van der Waals surface area contributed by atoms with Crippen molar-refractivity contribution in [3.8, 4) is 0 Å². The van der Waals surface area contributed by atoms with Crippen LogP contribution in [0.1, 0.15) is 16.7 Å². The maximum atomic E-state index is 12.1. The maximum Gasteiger partial charge on any atom is 0.250 e. The molecule has 1 N–H and O–H groups in total. The van der Waals surface area contributed by atoms with Gasteiger partial charge in [-0.25, -0.2) is 5.43 Å². The molecular weight excluding hydrogens is 438 g/mol. The van der Waals surface area contributed by atoms with Crippen molar-refractivity contribution < 1.29 is 9.53 Å². The third-order valence-corrected chi connectivity index (χ3v) is 6.50. The van der Waals surface area contributed by atoms with Gasteiger partial charge in [-0.3, -0.25) is 4.79 Å². The Kier molecular flexibility index (Phi) is 7.53. The highest BCUT2D eigenvalue weighted by Crippen LogP contribution is 2.28. The fraction of sp³-hybridized carbons (Fsp3) is 0.333. The minimum absolute atomic E-state index is 0.119. The summed E-state index contributed by atoms with van der Waals surface area (Å²) < 4.78 is 6.47. The lowest BCUT2D eigenvalue weighted by Crippen LogP contribution is -2.36. The Balaban J connectivity index is 1.47. The number of hydrazone groups is 1. The molecule has 7 heteroatoms. The number of amides is 1. The summed E-state index contributed by atoms with van der Waals surface area (Å²) in [4.78, 5) is 15.5. The Morgan fingerprint density at radius 2 is 1.93 bits per heavy atom. The molecule has 0 spiro atoms. The maximum absolute atomic E-state index is 12.1. The van der Waals surface area contributed by atoms with E-state index in [1.54, 1.807) is 6.21 Å². The third kappa shape index (κ3) is 5.83. The SMILES string of the molecule is Cc1cc(SCC(=O)N/N=C/c2ccc(N3CCOCC3)cc2)c(C)cc1Br. The van der Waals surface area contributed by atoms with Gasteiger partial charge < -0.3 is 9.64 Å². The van der Waals surface area contributed by atoms with Crippen molar-refractivity contribution in [2.45, 2.75) is 18.7 Å². The van der Waals surface area contributed by atoms with Gasteiger partial charge in [0, 0.05) is 28.1 Å².